The van der Waals surface area contributed by atoms with E-state index in [1.807, 2.05) is 6.07 Å². The van der Waals surface area contributed by atoms with Gasteiger partial charge in [-0.15, -0.1) is 0 Å². The van der Waals surface area contributed by atoms with Crippen molar-refractivity contribution in [2.75, 3.05) is 0 Å². The molecule has 0 radical (unpaired) electrons. The molecule has 0 heterocycles. The summed E-state index contributed by atoms with van der Waals surface area (Å²) >= 11 is 0. The highest BCUT2D eigenvalue weighted by atomic mass is 16.3. The summed E-state index contributed by atoms with van der Waals surface area (Å²) in [5.41, 5.74) is 0.960. The number of benzene rings is 1. The van der Waals surface area contributed by atoms with E-state index in [4.69, 9.17) is 10.4 Å². The monoisotopic (exact) mass is 216 g/mol. The highest BCUT2D eigenvalue weighted by Gasteiger charge is 2.28. The van der Waals surface area contributed by atoms with E-state index in [0.717, 1.165) is 0 Å². The van der Waals surface area contributed by atoms with Gasteiger partial charge in [-0.05, 0) is 31.0 Å². The lowest BCUT2D eigenvalue weighted by Gasteiger charge is -2.31. The summed E-state index contributed by atoms with van der Waals surface area (Å²) in [5, 5.41) is 20.6. The van der Waals surface area contributed by atoms with Crippen molar-refractivity contribution in [3.8, 4) is 6.07 Å². The zero-order valence-electron chi connectivity index (χ0n) is 8.68. The molecule has 0 spiro atoms. The minimum Gasteiger partial charge on any atom is -0.393 e. The lowest BCUT2D eigenvalue weighted by atomic mass is 9.89. The molecule has 0 unspecified atom stereocenters. The number of nitrogens with zero attached hydrogens (tertiary/aromatic N) is 1. The molecule has 0 saturated heterocycles. The predicted molar refractivity (Wildman–Crippen MR) is 57.7 cm³/mol. The molecule has 2 N–H and O–H groups in total. The predicted octanol–water partition coefficient (Wildman–Crippen LogP) is 0.811. The van der Waals surface area contributed by atoms with Crippen molar-refractivity contribution < 1.29 is 9.90 Å². The van der Waals surface area contributed by atoms with E-state index >= 15 is 0 Å². The van der Waals surface area contributed by atoms with Gasteiger partial charge in [0.25, 0.3) is 5.91 Å². The number of aliphatic hydroxyl groups excluding tert-OH is 1. The Morgan fingerprint density at radius 2 is 2.25 bits per heavy atom. The molecule has 4 heteroatoms. The van der Waals surface area contributed by atoms with Crippen LogP contribution in [0.4, 0.5) is 0 Å². The van der Waals surface area contributed by atoms with Crippen LogP contribution >= 0.6 is 0 Å². The zero-order valence-corrected chi connectivity index (χ0v) is 8.68. The van der Waals surface area contributed by atoms with Crippen LogP contribution in [-0.2, 0) is 0 Å². The maximum atomic E-state index is 11.7. The highest BCUT2D eigenvalue weighted by Crippen LogP contribution is 2.19. The molecule has 0 atom stereocenters. The zero-order chi connectivity index (χ0) is 11.5. The van der Waals surface area contributed by atoms with Crippen LogP contribution in [0.15, 0.2) is 24.3 Å². The van der Waals surface area contributed by atoms with Gasteiger partial charge in [-0.2, -0.15) is 5.26 Å². The van der Waals surface area contributed by atoms with E-state index in [1.165, 1.54) is 0 Å². The second-order valence-electron chi connectivity index (χ2n) is 3.99. The van der Waals surface area contributed by atoms with Crippen molar-refractivity contribution in [1.82, 2.24) is 5.32 Å². The van der Waals surface area contributed by atoms with Gasteiger partial charge in [-0.25, -0.2) is 0 Å². The Labute approximate surface area is 93.5 Å². The molecule has 82 valence electrons. The molecule has 16 heavy (non-hydrogen) atoms. The van der Waals surface area contributed by atoms with Gasteiger partial charge < -0.3 is 10.4 Å². The van der Waals surface area contributed by atoms with Gasteiger partial charge in [0, 0.05) is 11.6 Å². The minimum absolute atomic E-state index is 0.0632. The average molecular weight is 216 g/mol. The largest absolute Gasteiger partial charge is 0.393 e. The Hall–Kier alpha value is -1.86. The van der Waals surface area contributed by atoms with E-state index in [9.17, 15) is 4.79 Å². The van der Waals surface area contributed by atoms with Crippen molar-refractivity contribution in [2.45, 2.75) is 25.0 Å². The number of carbonyl (C=O) groups excluding carboxylic acids is 1. The van der Waals surface area contributed by atoms with E-state index in [-0.39, 0.29) is 18.1 Å². The van der Waals surface area contributed by atoms with Crippen LogP contribution in [0.2, 0.25) is 0 Å². The second kappa shape index (κ2) is 4.33. The second-order valence-corrected chi connectivity index (χ2v) is 3.99. The summed E-state index contributed by atoms with van der Waals surface area (Å²) in [7, 11) is 0. The quantitative estimate of drug-likeness (QED) is 0.768. The summed E-state index contributed by atoms with van der Waals surface area (Å²) in [6, 6.07) is 8.63. The number of nitrogens with one attached hydrogen (secondary N) is 1. The van der Waals surface area contributed by atoms with Crippen LogP contribution in [0.3, 0.4) is 0 Å². The number of hydrogen-bond acceptors (Lipinski definition) is 3. The van der Waals surface area contributed by atoms with Crippen molar-refractivity contribution in [1.29, 1.82) is 5.26 Å². The first-order valence-corrected chi connectivity index (χ1v) is 5.18. The molecular formula is C12H12N2O2. The smallest absolute Gasteiger partial charge is 0.251 e. The van der Waals surface area contributed by atoms with Gasteiger partial charge in [-0.1, -0.05) is 6.07 Å². The summed E-state index contributed by atoms with van der Waals surface area (Å²) in [6.07, 6.45) is 0.948. The first-order valence-electron chi connectivity index (χ1n) is 5.18. The fraction of sp³-hybridized carbons (Fsp3) is 0.333. The molecule has 1 aromatic rings. The third-order valence-corrected chi connectivity index (χ3v) is 2.70. The average Bonchev–Trinajstić information content (AvgIpc) is 2.27. The van der Waals surface area contributed by atoms with Crippen LogP contribution in [0.5, 0.6) is 0 Å². The van der Waals surface area contributed by atoms with Crippen LogP contribution in [0.25, 0.3) is 0 Å². The fourth-order valence-electron chi connectivity index (χ4n) is 1.70. The Kier molecular flexibility index (Phi) is 2.88. The molecule has 1 saturated carbocycles. The van der Waals surface area contributed by atoms with Crippen LogP contribution in [0.1, 0.15) is 28.8 Å². The number of nitriles is 1. The molecule has 0 aliphatic heterocycles. The van der Waals surface area contributed by atoms with Crippen molar-refractivity contribution in [3.05, 3.63) is 35.4 Å². The Morgan fingerprint density at radius 3 is 2.88 bits per heavy atom. The van der Waals surface area contributed by atoms with E-state index in [1.54, 1.807) is 24.3 Å². The van der Waals surface area contributed by atoms with Crippen LogP contribution < -0.4 is 5.32 Å². The topological polar surface area (TPSA) is 73.1 Å². The molecule has 4 nitrogen and oxygen atoms in total. The van der Waals surface area contributed by atoms with Crippen LogP contribution in [-0.4, -0.2) is 23.2 Å². The molecule has 1 fully saturated rings. The van der Waals surface area contributed by atoms with Gasteiger partial charge in [0.05, 0.1) is 17.7 Å². The molecule has 1 aromatic carbocycles. The number of amides is 1. The molecule has 2 rings (SSSR count). The van der Waals surface area contributed by atoms with Crippen molar-refractivity contribution in [3.63, 3.8) is 0 Å². The molecule has 1 amide bonds. The van der Waals surface area contributed by atoms with Crippen LogP contribution in [0, 0.1) is 11.3 Å². The third kappa shape index (κ3) is 2.20. The van der Waals surface area contributed by atoms with Gasteiger partial charge in [-0.3, -0.25) is 4.79 Å². The maximum absolute atomic E-state index is 11.7. The molecule has 0 bridgehead atoms. The van der Waals surface area contributed by atoms with Gasteiger partial charge in [0.1, 0.15) is 0 Å². The molecule has 1 aliphatic rings. The van der Waals surface area contributed by atoms with Crippen molar-refractivity contribution >= 4 is 5.91 Å². The Bertz CT molecular complexity index is 445. The Balaban J connectivity index is 2.01. The first kappa shape index (κ1) is 10.7. The van der Waals surface area contributed by atoms with E-state index < -0.39 is 0 Å². The standard InChI is InChI=1S/C12H12N2O2/c13-7-8-2-1-3-9(4-8)12(16)14-10-5-11(15)6-10/h1-4,10-11,15H,5-6H2,(H,14,16). The summed E-state index contributed by atoms with van der Waals surface area (Å²) in [6.45, 7) is 0. The first-order chi connectivity index (χ1) is 7.69. The van der Waals surface area contributed by atoms with E-state index in [0.29, 0.717) is 24.0 Å². The number of rotatable bonds is 2. The maximum Gasteiger partial charge on any atom is 0.251 e. The number of aliphatic hydroxyl groups is 1. The van der Waals surface area contributed by atoms with Gasteiger partial charge in [0.15, 0.2) is 0 Å². The Morgan fingerprint density at radius 1 is 1.50 bits per heavy atom. The summed E-state index contributed by atoms with van der Waals surface area (Å²) in [5.74, 6) is -0.186. The number of carbonyl (C=O) groups is 1. The molecular weight excluding hydrogens is 204 g/mol. The lowest BCUT2D eigenvalue weighted by Crippen LogP contribution is -2.46. The summed E-state index contributed by atoms with van der Waals surface area (Å²) in [4.78, 5) is 11.7. The SMILES string of the molecule is N#Cc1cccc(C(=O)NC2CC(O)C2)c1. The normalized spacial score (nSPS) is 23.0. The van der Waals surface area contributed by atoms with Gasteiger partial charge in [0.2, 0.25) is 0 Å². The lowest BCUT2D eigenvalue weighted by molar-refractivity contribution is 0.0562. The fourth-order valence-corrected chi connectivity index (χ4v) is 1.70. The minimum atomic E-state index is -0.282. The highest BCUT2D eigenvalue weighted by molar-refractivity contribution is 5.94. The van der Waals surface area contributed by atoms with Crippen molar-refractivity contribution in [2.24, 2.45) is 0 Å². The summed E-state index contributed by atoms with van der Waals surface area (Å²) < 4.78 is 0. The van der Waals surface area contributed by atoms with Gasteiger partial charge >= 0.3 is 0 Å². The molecule has 0 aromatic heterocycles. The molecule has 1 aliphatic carbocycles. The number of hydrogen-bond donors (Lipinski definition) is 2. The third-order valence-electron chi connectivity index (χ3n) is 2.70. The van der Waals surface area contributed by atoms with E-state index in [2.05, 4.69) is 5.32 Å².